The zero-order valence-corrected chi connectivity index (χ0v) is 12.9. The average molecular weight is 317 g/mol. The van der Waals surface area contributed by atoms with E-state index in [0.29, 0.717) is 17.3 Å². The summed E-state index contributed by atoms with van der Waals surface area (Å²) in [4.78, 5) is 12.2. The summed E-state index contributed by atoms with van der Waals surface area (Å²) in [6, 6.07) is 9.39. The highest BCUT2D eigenvalue weighted by Crippen LogP contribution is 2.19. The van der Waals surface area contributed by atoms with Crippen LogP contribution in [-0.2, 0) is 6.61 Å². The molecule has 0 unspecified atom stereocenters. The van der Waals surface area contributed by atoms with E-state index in [1.165, 1.54) is 31.4 Å². The number of amides is 1. The summed E-state index contributed by atoms with van der Waals surface area (Å²) >= 11 is 0. The molecule has 0 spiro atoms. The van der Waals surface area contributed by atoms with E-state index in [2.05, 4.69) is 5.32 Å². The maximum absolute atomic E-state index is 12.8. The van der Waals surface area contributed by atoms with Crippen LogP contribution < -0.4 is 10.1 Å². The van der Waals surface area contributed by atoms with Crippen molar-refractivity contribution in [2.75, 3.05) is 0 Å². The van der Waals surface area contributed by atoms with E-state index in [1.54, 1.807) is 24.3 Å². The van der Waals surface area contributed by atoms with Crippen LogP contribution in [-0.4, -0.2) is 11.9 Å². The van der Waals surface area contributed by atoms with Crippen LogP contribution in [0.5, 0.6) is 5.75 Å². The van der Waals surface area contributed by atoms with Crippen LogP contribution in [0.3, 0.4) is 0 Å². The minimum Gasteiger partial charge on any atom is -0.486 e. The molecule has 1 aliphatic rings. The van der Waals surface area contributed by atoms with Gasteiger partial charge in [0, 0.05) is 6.04 Å². The SMILES string of the molecule is O=C(NC1CCCCC1)c1ccc(COc2ccc(F)cc2)o1. The van der Waals surface area contributed by atoms with Gasteiger partial charge in [-0.25, -0.2) is 4.39 Å². The van der Waals surface area contributed by atoms with Gasteiger partial charge in [-0.1, -0.05) is 19.3 Å². The predicted octanol–water partition coefficient (Wildman–Crippen LogP) is 4.06. The molecule has 1 amide bonds. The number of hydrogen-bond acceptors (Lipinski definition) is 3. The van der Waals surface area contributed by atoms with Crippen molar-refractivity contribution in [1.82, 2.24) is 5.32 Å². The normalized spacial score (nSPS) is 15.3. The Kier molecular flexibility index (Phi) is 4.95. The van der Waals surface area contributed by atoms with Crippen LogP contribution in [0.2, 0.25) is 0 Å². The fourth-order valence-corrected chi connectivity index (χ4v) is 2.77. The van der Waals surface area contributed by atoms with Gasteiger partial charge in [0.1, 0.15) is 23.9 Å². The van der Waals surface area contributed by atoms with Crippen LogP contribution in [0.4, 0.5) is 4.39 Å². The van der Waals surface area contributed by atoms with E-state index < -0.39 is 0 Å². The van der Waals surface area contributed by atoms with Crippen LogP contribution in [0, 0.1) is 5.82 Å². The van der Waals surface area contributed by atoms with Gasteiger partial charge in [-0.3, -0.25) is 4.79 Å². The Morgan fingerprint density at radius 1 is 1.13 bits per heavy atom. The zero-order valence-electron chi connectivity index (χ0n) is 12.9. The van der Waals surface area contributed by atoms with E-state index in [9.17, 15) is 9.18 Å². The molecule has 1 aliphatic carbocycles. The lowest BCUT2D eigenvalue weighted by Crippen LogP contribution is -2.35. The highest BCUT2D eigenvalue weighted by atomic mass is 19.1. The Labute approximate surface area is 134 Å². The first-order chi connectivity index (χ1) is 11.2. The number of halogens is 1. The number of carbonyl (C=O) groups excluding carboxylic acids is 1. The Balaban J connectivity index is 1.52. The number of carbonyl (C=O) groups is 1. The monoisotopic (exact) mass is 317 g/mol. The molecule has 122 valence electrons. The van der Waals surface area contributed by atoms with Gasteiger partial charge in [-0.2, -0.15) is 0 Å². The summed E-state index contributed by atoms with van der Waals surface area (Å²) in [5.41, 5.74) is 0. The van der Waals surface area contributed by atoms with Gasteiger partial charge in [0.2, 0.25) is 0 Å². The van der Waals surface area contributed by atoms with E-state index in [4.69, 9.17) is 9.15 Å². The Bertz CT molecular complexity index is 645. The van der Waals surface area contributed by atoms with Crippen molar-refractivity contribution in [3.63, 3.8) is 0 Å². The van der Waals surface area contributed by atoms with Crippen molar-refractivity contribution in [1.29, 1.82) is 0 Å². The first-order valence-corrected chi connectivity index (χ1v) is 7.98. The minimum absolute atomic E-state index is 0.176. The molecule has 1 N–H and O–H groups in total. The summed E-state index contributed by atoms with van der Waals surface area (Å²) in [5.74, 6) is 0.925. The van der Waals surface area contributed by atoms with Gasteiger partial charge < -0.3 is 14.5 Å². The van der Waals surface area contributed by atoms with Crippen LogP contribution in [0.15, 0.2) is 40.8 Å². The second kappa shape index (κ2) is 7.31. The van der Waals surface area contributed by atoms with Gasteiger partial charge in [0.15, 0.2) is 5.76 Å². The van der Waals surface area contributed by atoms with Crippen LogP contribution in [0.1, 0.15) is 48.4 Å². The summed E-state index contributed by atoms with van der Waals surface area (Å²) in [6.45, 7) is 0.197. The number of ether oxygens (including phenoxy) is 1. The molecule has 0 saturated heterocycles. The number of hydrogen-bond donors (Lipinski definition) is 1. The smallest absolute Gasteiger partial charge is 0.287 e. The maximum atomic E-state index is 12.8. The fraction of sp³-hybridized carbons (Fsp3) is 0.389. The highest BCUT2D eigenvalue weighted by molar-refractivity contribution is 5.91. The first kappa shape index (κ1) is 15.6. The molecule has 3 rings (SSSR count). The summed E-state index contributed by atoms with van der Waals surface area (Å²) in [5, 5.41) is 3.01. The number of nitrogens with one attached hydrogen (secondary N) is 1. The van der Waals surface area contributed by atoms with Gasteiger partial charge in [-0.05, 0) is 49.2 Å². The third-order valence-corrected chi connectivity index (χ3v) is 4.02. The predicted molar refractivity (Wildman–Crippen MR) is 83.8 cm³/mol. The van der Waals surface area contributed by atoms with Gasteiger partial charge in [0.05, 0.1) is 0 Å². The van der Waals surface area contributed by atoms with Gasteiger partial charge in [-0.15, -0.1) is 0 Å². The van der Waals surface area contributed by atoms with Crippen molar-refractivity contribution < 1.29 is 18.3 Å². The average Bonchev–Trinajstić information content (AvgIpc) is 3.04. The van der Waals surface area contributed by atoms with E-state index in [-0.39, 0.29) is 24.4 Å². The molecule has 1 heterocycles. The van der Waals surface area contributed by atoms with Crippen molar-refractivity contribution >= 4 is 5.91 Å². The number of benzene rings is 1. The summed E-state index contributed by atoms with van der Waals surface area (Å²) in [7, 11) is 0. The molecular weight excluding hydrogens is 297 g/mol. The van der Waals surface area contributed by atoms with Crippen molar-refractivity contribution in [2.24, 2.45) is 0 Å². The molecule has 23 heavy (non-hydrogen) atoms. The molecule has 0 bridgehead atoms. The molecule has 1 aromatic heterocycles. The zero-order chi connectivity index (χ0) is 16.1. The molecule has 4 nitrogen and oxygen atoms in total. The first-order valence-electron chi connectivity index (χ1n) is 7.98. The number of furan rings is 1. The Hall–Kier alpha value is -2.30. The molecule has 1 aromatic carbocycles. The molecule has 0 radical (unpaired) electrons. The lowest BCUT2D eigenvalue weighted by Gasteiger charge is -2.22. The largest absolute Gasteiger partial charge is 0.486 e. The minimum atomic E-state index is -0.308. The molecule has 1 fully saturated rings. The van der Waals surface area contributed by atoms with Crippen LogP contribution >= 0.6 is 0 Å². The van der Waals surface area contributed by atoms with Crippen LogP contribution in [0.25, 0.3) is 0 Å². The Morgan fingerprint density at radius 3 is 2.61 bits per heavy atom. The molecule has 1 saturated carbocycles. The standard InChI is InChI=1S/C18H20FNO3/c19-13-6-8-15(9-7-13)22-12-16-10-11-17(23-16)18(21)20-14-4-2-1-3-5-14/h6-11,14H,1-5,12H2,(H,20,21). The highest BCUT2D eigenvalue weighted by Gasteiger charge is 2.18. The molecule has 0 atom stereocenters. The molecule has 5 heteroatoms. The maximum Gasteiger partial charge on any atom is 0.287 e. The third kappa shape index (κ3) is 4.34. The number of rotatable bonds is 5. The lowest BCUT2D eigenvalue weighted by atomic mass is 9.95. The van der Waals surface area contributed by atoms with Crippen molar-refractivity contribution in [2.45, 2.75) is 44.8 Å². The van der Waals surface area contributed by atoms with Gasteiger partial charge >= 0.3 is 0 Å². The van der Waals surface area contributed by atoms with E-state index >= 15 is 0 Å². The topological polar surface area (TPSA) is 51.5 Å². The molecule has 0 aliphatic heterocycles. The van der Waals surface area contributed by atoms with Crippen molar-refractivity contribution in [3.8, 4) is 5.75 Å². The molecule has 2 aromatic rings. The van der Waals surface area contributed by atoms with E-state index in [0.717, 1.165) is 12.8 Å². The summed E-state index contributed by atoms with van der Waals surface area (Å²) in [6.07, 6.45) is 5.65. The fourth-order valence-electron chi connectivity index (χ4n) is 2.77. The van der Waals surface area contributed by atoms with Gasteiger partial charge in [0.25, 0.3) is 5.91 Å². The Morgan fingerprint density at radius 2 is 1.87 bits per heavy atom. The lowest BCUT2D eigenvalue weighted by molar-refractivity contribution is 0.0895. The molecular formula is C18H20FNO3. The van der Waals surface area contributed by atoms with E-state index in [1.807, 2.05) is 0 Å². The van der Waals surface area contributed by atoms with Crippen molar-refractivity contribution in [3.05, 3.63) is 53.7 Å². The summed E-state index contributed by atoms with van der Waals surface area (Å²) < 4.78 is 23.8. The second-order valence-electron chi connectivity index (χ2n) is 5.82. The second-order valence-corrected chi connectivity index (χ2v) is 5.82. The third-order valence-electron chi connectivity index (χ3n) is 4.02. The quantitative estimate of drug-likeness (QED) is 0.904.